The third-order valence-corrected chi connectivity index (χ3v) is 4.42. The summed E-state index contributed by atoms with van der Waals surface area (Å²) in [5.41, 5.74) is -2.74. The molecule has 4 rings (SSSR count). The van der Waals surface area contributed by atoms with Crippen LogP contribution in [0.1, 0.15) is 16.7 Å². The van der Waals surface area contributed by atoms with Gasteiger partial charge in [0.1, 0.15) is 0 Å². The first-order valence-corrected chi connectivity index (χ1v) is 7.90. The molecule has 10 heteroatoms. The van der Waals surface area contributed by atoms with Crippen molar-refractivity contribution in [2.75, 3.05) is 0 Å². The number of amides is 2. The number of hydrogen-bond donors (Lipinski definition) is 2. The zero-order valence-electron chi connectivity index (χ0n) is 14.0. The standard InChI is InChI=1S/C19H6F5N3O2/c20-11-10(12(21)14(23)15(24)13(11)22)17-9-8(18(28)27-17)16(26-19(9)29)7-3-1-2-6(4-7)5-25/h1-4H,(H,26,29)(H,27,28). The van der Waals surface area contributed by atoms with Crippen LogP contribution in [0.5, 0.6) is 0 Å². The molecule has 0 spiro atoms. The van der Waals surface area contributed by atoms with Gasteiger partial charge in [-0.1, -0.05) is 12.1 Å². The van der Waals surface area contributed by atoms with Gasteiger partial charge in [-0.3, -0.25) is 9.59 Å². The molecular weight excluding hydrogens is 397 g/mol. The van der Waals surface area contributed by atoms with Gasteiger partial charge in [-0.25, -0.2) is 22.0 Å². The maximum Gasteiger partial charge on any atom is 0.258 e. The zero-order valence-corrected chi connectivity index (χ0v) is 14.0. The van der Waals surface area contributed by atoms with Gasteiger partial charge in [0.25, 0.3) is 11.8 Å². The van der Waals surface area contributed by atoms with Crippen LogP contribution < -0.4 is 10.6 Å². The van der Waals surface area contributed by atoms with E-state index in [1.807, 2.05) is 11.4 Å². The first-order chi connectivity index (χ1) is 13.8. The van der Waals surface area contributed by atoms with Crippen LogP contribution in [-0.2, 0) is 9.59 Å². The van der Waals surface area contributed by atoms with E-state index in [0.717, 1.165) is 0 Å². The number of nitrogens with one attached hydrogen (secondary N) is 2. The average molecular weight is 403 g/mol. The monoisotopic (exact) mass is 403 g/mol. The van der Waals surface area contributed by atoms with Crippen molar-refractivity contribution in [3.05, 3.63) is 81.2 Å². The van der Waals surface area contributed by atoms with Gasteiger partial charge in [0.2, 0.25) is 5.82 Å². The Balaban J connectivity index is 2.00. The maximum absolute atomic E-state index is 14.2. The molecule has 0 unspecified atom stereocenters. The molecule has 2 N–H and O–H groups in total. The molecule has 0 radical (unpaired) electrons. The smallest absolute Gasteiger partial charge is 0.258 e. The Hall–Kier alpha value is -4.00. The van der Waals surface area contributed by atoms with Crippen LogP contribution in [0.25, 0.3) is 11.4 Å². The highest BCUT2D eigenvalue weighted by Crippen LogP contribution is 2.39. The number of carbonyl (C=O) groups excluding carboxylic acids is 2. The van der Waals surface area contributed by atoms with Gasteiger partial charge in [-0.2, -0.15) is 5.26 Å². The Kier molecular flexibility index (Phi) is 3.97. The lowest BCUT2D eigenvalue weighted by atomic mass is 10.0. The number of halogens is 5. The number of benzene rings is 2. The number of hydrogen-bond acceptors (Lipinski definition) is 3. The minimum Gasteiger partial charge on any atom is -0.321 e. The summed E-state index contributed by atoms with van der Waals surface area (Å²) in [5, 5.41) is 13.3. The summed E-state index contributed by atoms with van der Waals surface area (Å²) in [7, 11) is 0. The SMILES string of the molecule is N#Cc1cccc(C2=C3C(=O)NC(c4c(F)c(F)c(F)c(F)c4F)=C3C(=O)N2)c1. The van der Waals surface area contributed by atoms with Crippen molar-refractivity contribution in [2.24, 2.45) is 0 Å². The van der Waals surface area contributed by atoms with Crippen molar-refractivity contribution in [3.8, 4) is 6.07 Å². The lowest BCUT2D eigenvalue weighted by molar-refractivity contribution is -0.117. The van der Waals surface area contributed by atoms with E-state index in [4.69, 9.17) is 5.26 Å². The zero-order chi connectivity index (χ0) is 21.0. The first-order valence-electron chi connectivity index (χ1n) is 7.90. The summed E-state index contributed by atoms with van der Waals surface area (Å²) in [5.74, 6) is -13.1. The van der Waals surface area contributed by atoms with Crippen LogP contribution in [0, 0.1) is 40.4 Å². The lowest BCUT2D eigenvalue weighted by Crippen LogP contribution is -2.23. The van der Waals surface area contributed by atoms with Gasteiger partial charge < -0.3 is 10.6 Å². The van der Waals surface area contributed by atoms with Crippen LogP contribution >= 0.6 is 0 Å². The molecule has 0 aliphatic carbocycles. The third-order valence-electron chi connectivity index (χ3n) is 4.42. The molecule has 2 aliphatic rings. The highest BCUT2D eigenvalue weighted by molar-refractivity contribution is 6.30. The minimum absolute atomic E-state index is 0.0570. The second-order valence-electron chi connectivity index (χ2n) is 6.05. The summed E-state index contributed by atoms with van der Waals surface area (Å²) in [6.45, 7) is 0. The highest BCUT2D eigenvalue weighted by Gasteiger charge is 2.43. The number of rotatable bonds is 2. The summed E-state index contributed by atoms with van der Waals surface area (Å²) in [6.07, 6.45) is 0. The van der Waals surface area contributed by atoms with E-state index in [9.17, 15) is 31.5 Å². The molecule has 0 aromatic heterocycles. The van der Waals surface area contributed by atoms with Gasteiger partial charge in [-0.15, -0.1) is 0 Å². The van der Waals surface area contributed by atoms with Crippen molar-refractivity contribution in [1.82, 2.24) is 10.6 Å². The van der Waals surface area contributed by atoms with Gasteiger partial charge >= 0.3 is 0 Å². The van der Waals surface area contributed by atoms with Gasteiger partial charge in [0.05, 0.1) is 39.7 Å². The molecule has 0 saturated carbocycles. The van der Waals surface area contributed by atoms with Crippen LogP contribution in [0.4, 0.5) is 22.0 Å². The normalized spacial score (nSPS) is 15.4. The quantitative estimate of drug-likeness (QED) is 0.460. The summed E-state index contributed by atoms with van der Waals surface area (Å²) < 4.78 is 68.9. The number of nitrogens with zero attached hydrogens (tertiary/aromatic N) is 1. The van der Waals surface area contributed by atoms with Gasteiger partial charge in [0.15, 0.2) is 23.3 Å². The third kappa shape index (κ3) is 2.51. The summed E-state index contributed by atoms with van der Waals surface area (Å²) in [6, 6.07) is 7.65. The van der Waals surface area contributed by atoms with Crippen molar-refractivity contribution < 1.29 is 31.5 Å². The molecule has 2 aromatic rings. The Morgan fingerprint density at radius 3 is 1.86 bits per heavy atom. The molecule has 0 fully saturated rings. The maximum atomic E-state index is 14.2. The second-order valence-corrected chi connectivity index (χ2v) is 6.05. The van der Waals surface area contributed by atoms with Crippen molar-refractivity contribution in [3.63, 3.8) is 0 Å². The minimum atomic E-state index is -2.36. The molecule has 5 nitrogen and oxygen atoms in total. The first kappa shape index (κ1) is 18.4. The van der Waals surface area contributed by atoms with E-state index >= 15 is 0 Å². The largest absolute Gasteiger partial charge is 0.321 e. The van der Waals surface area contributed by atoms with Crippen molar-refractivity contribution in [1.29, 1.82) is 5.26 Å². The Morgan fingerprint density at radius 2 is 1.28 bits per heavy atom. The van der Waals surface area contributed by atoms with E-state index in [1.165, 1.54) is 24.3 Å². The summed E-state index contributed by atoms with van der Waals surface area (Å²) in [4.78, 5) is 24.8. The molecular formula is C19H6F5N3O2. The topological polar surface area (TPSA) is 82.0 Å². The molecule has 2 aliphatic heterocycles. The van der Waals surface area contributed by atoms with Crippen LogP contribution in [0.2, 0.25) is 0 Å². The van der Waals surface area contributed by atoms with E-state index in [2.05, 4.69) is 5.32 Å². The average Bonchev–Trinajstić information content (AvgIpc) is 3.24. The molecule has 0 bridgehead atoms. The fourth-order valence-corrected chi connectivity index (χ4v) is 3.15. The number of carbonyl (C=O) groups is 2. The second kappa shape index (κ2) is 6.27. The lowest BCUT2D eigenvalue weighted by Gasteiger charge is -2.11. The number of nitriles is 1. The molecule has 2 amide bonds. The fraction of sp³-hybridized carbons (Fsp3) is 0. The predicted octanol–water partition coefficient (Wildman–Crippen LogP) is 2.64. The van der Waals surface area contributed by atoms with Gasteiger partial charge in [0, 0.05) is 5.56 Å². The molecule has 29 heavy (non-hydrogen) atoms. The van der Waals surface area contributed by atoms with E-state index in [-0.39, 0.29) is 22.4 Å². The van der Waals surface area contributed by atoms with E-state index in [1.54, 1.807) is 0 Å². The Bertz CT molecular complexity index is 1230. The molecule has 0 atom stereocenters. The molecule has 2 heterocycles. The predicted molar refractivity (Wildman–Crippen MR) is 87.5 cm³/mol. The van der Waals surface area contributed by atoms with Crippen LogP contribution in [0.15, 0.2) is 35.4 Å². The Morgan fingerprint density at radius 1 is 0.759 bits per heavy atom. The van der Waals surface area contributed by atoms with Crippen molar-refractivity contribution >= 4 is 23.2 Å². The van der Waals surface area contributed by atoms with E-state index < -0.39 is 57.7 Å². The Labute approximate surface area is 158 Å². The van der Waals surface area contributed by atoms with Crippen LogP contribution in [-0.4, -0.2) is 11.8 Å². The highest BCUT2D eigenvalue weighted by atomic mass is 19.2. The number of fused-ring (bicyclic) bond motifs is 1. The fourth-order valence-electron chi connectivity index (χ4n) is 3.15. The van der Waals surface area contributed by atoms with Gasteiger partial charge in [-0.05, 0) is 12.1 Å². The molecule has 0 saturated heterocycles. The van der Waals surface area contributed by atoms with Crippen LogP contribution in [0.3, 0.4) is 0 Å². The summed E-state index contributed by atoms with van der Waals surface area (Å²) >= 11 is 0. The molecule has 144 valence electrons. The molecule has 2 aromatic carbocycles. The van der Waals surface area contributed by atoms with E-state index in [0.29, 0.717) is 0 Å². The van der Waals surface area contributed by atoms with Crippen molar-refractivity contribution in [2.45, 2.75) is 0 Å².